The number of aryl methyl sites for hydroxylation is 3. The molecule has 1 aliphatic rings. The molecule has 150 valence electrons. The van der Waals surface area contributed by atoms with Crippen molar-refractivity contribution in [1.82, 2.24) is 5.32 Å². The van der Waals surface area contributed by atoms with E-state index < -0.39 is 10.0 Å². The number of hydrogen-bond acceptors (Lipinski definition) is 4. The highest BCUT2D eigenvalue weighted by atomic mass is 32.2. The van der Waals surface area contributed by atoms with Gasteiger partial charge in [0.1, 0.15) is 0 Å². The van der Waals surface area contributed by atoms with Gasteiger partial charge in [-0.3, -0.25) is 9.52 Å². The second kappa shape index (κ2) is 8.32. The Balaban J connectivity index is 1.80. The van der Waals surface area contributed by atoms with E-state index in [9.17, 15) is 13.2 Å². The summed E-state index contributed by atoms with van der Waals surface area (Å²) in [6.07, 6.45) is 1.95. The summed E-state index contributed by atoms with van der Waals surface area (Å²) in [5, 5.41) is 2.82. The number of carbonyl (C=O) groups excluding carboxylic acids is 1. The van der Waals surface area contributed by atoms with E-state index in [2.05, 4.69) is 10.0 Å². The Morgan fingerprint density at radius 2 is 1.89 bits per heavy atom. The van der Waals surface area contributed by atoms with Crippen molar-refractivity contribution in [3.05, 3.63) is 58.7 Å². The molecule has 1 saturated heterocycles. The molecule has 1 atom stereocenters. The number of nitrogens with one attached hydrogen (secondary N) is 2. The normalized spacial score (nSPS) is 16.8. The molecule has 0 saturated carbocycles. The molecule has 1 heterocycles. The Morgan fingerprint density at radius 3 is 2.57 bits per heavy atom. The number of sulfonamides is 1. The van der Waals surface area contributed by atoms with Crippen molar-refractivity contribution in [2.24, 2.45) is 0 Å². The number of amides is 1. The summed E-state index contributed by atoms with van der Waals surface area (Å²) >= 11 is 0. The van der Waals surface area contributed by atoms with Crippen molar-refractivity contribution < 1.29 is 17.9 Å². The molecule has 2 aromatic carbocycles. The molecule has 0 radical (unpaired) electrons. The first-order valence-electron chi connectivity index (χ1n) is 9.37. The minimum Gasteiger partial charge on any atom is -0.376 e. The van der Waals surface area contributed by atoms with Gasteiger partial charge < -0.3 is 10.1 Å². The van der Waals surface area contributed by atoms with E-state index in [1.54, 1.807) is 25.1 Å². The fourth-order valence-electron chi connectivity index (χ4n) is 3.27. The highest BCUT2D eigenvalue weighted by Crippen LogP contribution is 2.23. The molecule has 2 aromatic rings. The maximum Gasteiger partial charge on any atom is 0.262 e. The van der Waals surface area contributed by atoms with Crippen LogP contribution in [0.3, 0.4) is 0 Å². The molecule has 6 nitrogen and oxygen atoms in total. The van der Waals surface area contributed by atoms with Crippen LogP contribution in [0.1, 0.15) is 39.9 Å². The zero-order valence-electron chi connectivity index (χ0n) is 16.4. The Morgan fingerprint density at radius 1 is 1.11 bits per heavy atom. The largest absolute Gasteiger partial charge is 0.376 e. The van der Waals surface area contributed by atoms with Crippen LogP contribution in [0, 0.1) is 20.8 Å². The summed E-state index contributed by atoms with van der Waals surface area (Å²) in [7, 11) is -3.82. The number of rotatable bonds is 6. The number of ether oxygens (including phenoxy) is 1. The molecule has 28 heavy (non-hydrogen) atoms. The molecular weight excluding hydrogens is 376 g/mol. The lowest BCUT2D eigenvalue weighted by Crippen LogP contribution is -2.32. The molecule has 1 aliphatic heterocycles. The highest BCUT2D eigenvalue weighted by molar-refractivity contribution is 7.92. The van der Waals surface area contributed by atoms with E-state index in [1.165, 1.54) is 6.07 Å². The maximum atomic E-state index is 12.9. The lowest BCUT2D eigenvalue weighted by Gasteiger charge is -2.15. The molecule has 0 spiro atoms. The van der Waals surface area contributed by atoms with Crippen LogP contribution >= 0.6 is 0 Å². The van der Waals surface area contributed by atoms with Crippen LogP contribution in [-0.2, 0) is 14.8 Å². The maximum absolute atomic E-state index is 12.9. The van der Waals surface area contributed by atoms with Crippen LogP contribution < -0.4 is 10.0 Å². The molecule has 0 aliphatic carbocycles. The molecule has 2 N–H and O–H groups in total. The minimum atomic E-state index is -3.82. The van der Waals surface area contributed by atoms with Gasteiger partial charge in [0.25, 0.3) is 15.9 Å². The van der Waals surface area contributed by atoms with Gasteiger partial charge in [-0.1, -0.05) is 23.8 Å². The number of hydrogen-bond donors (Lipinski definition) is 2. The van der Waals surface area contributed by atoms with Crippen LogP contribution in [0.5, 0.6) is 0 Å². The van der Waals surface area contributed by atoms with E-state index in [1.807, 2.05) is 26.0 Å². The van der Waals surface area contributed by atoms with Gasteiger partial charge in [0.2, 0.25) is 0 Å². The van der Waals surface area contributed by atoms with Crippen molar-refractivity contribution in [3.63, 3.8) is 0 Å². The average Bonchev–Trinajstić information content (AvgIpc) is 3.16. The average molecular weight is 403 g/mol. The summed E-state index contributed by atoms with van der Waals surface area (Å²) in [6.45, 7) is 6.67. The zero-order chi connectivity index (χ0) is 20.3. The summed E-state index contributed by atoms with van der Waals surface area (Å²) in [4.78, 5) is 12.6. The van der Waals surface area contributed by atoms with Gasteiger partial charge in [0, 0.05) is 18.7 Å². The number of anilines is 1. The van der Waals surface area contributed by atoms with Crippen molar-refractivity contribution in [1.29, 1.82) is 0 Å². The Labute approximate surface area is 166 Å². The van der Waals surface area contributed by atoms with E-state index in [0.717, 1.165) is 30.6 Å². The first-order valence-corrected chi connectivity index (χ1v) is 10.8. The molecule has 3 rings (SSSR count). The van der Waals surface area contributed by atoms with E-state index in [-0.39, 0.29) is 16.9 Å². The monoisotopic (exact) mass is 402 g/mol. The lowest BCUT2D eigenvalue weighted by atomic mass is 10.1. The number of carbonyl (C=O) groups is 1. The molecule has 1 amide bonds. The quantitative estimate of drug-likeness (QED) is 0.776. The minimum absolute atomic E-state index is 0.0313. The van der Waals surface area contributed by atoms with Gasteiger partial charge in [-0.2, -0.15) is 0 Å². The molecular formula is C21H26N2O4S. The highest BCUT2D eigenvalue weighted by Gasteiger charge is 2.21. The van der Waals surface area contributed by atoms with E-state index in [4.69, 9.17) is 4.74 Å². The molecule has 0 bridgehead atoms. The summed E-state index contributed by atoms with van der Waals surface area (Å²) in [6, 6.07) is 10.2. The van der Waals surface area contributed by atoms with E-state index >= 15 is 0 Å². The summed E-state index contributed by atoms with van der Waals surface area (Å²) < 4.78 is 34.0. The fraction of sp³-hybridized carbons (Fsp3) is 0.381. The van der Waals surface area contributed by atoms with Crippen molar-refractivity contribution in [3.8, 4) is 0 Å². The van der Waals surface area contributed by atoms with Gasteiger partial charge >= 0.3 is 0 Å². The second-order valence-electron chi connectivity index (χ2n) is 7.25. The second-order valence-corrected chi connectivity index (χ2v) is 8.90. The first-order chi connectivity index (χ1) is 13.3. The summed E-state index contributed by atoms with van der Waals surface area (Å²) in [5.74, 6) is -0.307. The third-order valence-corrected chi connectivity index (χ3v) is 6.39. The van der Waals surface area contributed by atoms with Gasteiger partial charge in [0.15, 0.2) is 0 Å². The Hall–Kier alpha value is -2.38. The SMILES string of the molecule is Cc1ccc(NS(=O)(=O)c2cc(C(=O)NCC3CCCO3)ccc2C)c(C)c1. The first kappa shape index (κ1) is 20.4. The Bertz CT molecular complexity index is 980. The molecule has 0 aromatic heterocycles. The predicted octanol–water partition coefficient (Wildman–Crippen LogP) is 3.32. The van der Waals surface area contributed by atoms with Gasteiger partial charge in [-0.05, 0) is 62.9 Å². The molecule has 7 heteroatoms. The topological polar surface area (TPSA) is 84.5 Å². The smallest absolute Gasteiger partial charge is 0.262 e. The van der Waals surface area contributed by atoms with Crippen LogP contribution in [0.4, 0.5) is 5.69 Å². The van der Waals surface area contributed by atoms with E-state index in [0.29, 0.717) is 23.4 Å². The lowest BCUT2D eigenvalue weighted by molar-refractivity contribution is 0.0857. The predicted molar refractivity (Wildman–Crippen MR) is 109 cm³/mol. The Kier molecular flexibility index (Phi) is 6.05. The van der Waals surface area contributed by atoms with Crippen molar-refractivity contribution in [2.45, 2.75) is 44.6 Å². The van der Waals surface area contributed by atoms with Crippen LogP contribution in [0.15, 0.2) is 41.3 Å². The third kappa shape index (κ3) is 4.72. The van der Waals surface area contributed by atoms with Crippen molar-refractivity contribution in [2.75, 3.05) is 17.9 Å². The van der Waals surface area contributed by atoms with Crippen LogP contribution in [0.25, 0.3) is 0 Å². The molecule has 1 fully saturated rings. The van der Waals surface area contributed by atoms with Gasteiger partial charge in [-0.25, -0.2) is 8.42 Å². The van der Waals surface area contributed by atoms with Crippen molar-refractivity contribution >= 4 is 21.6 Å². The standard InChI is InChI=1S/C21H26N2O4S/c1-14-6-9-19(16(3)11-14)23-28(25,26)20-12-17(8-7-15(20)2)21(24)22-13-18-5-4-10-27-18/h6-9,11-12,18,23H,4-5,10,13H2,1-3H3,(H,22,24). The van der Waals surface area contributed by atoms with Crippen LogP contribution in [0.2, 0.25) is 0 Å². The molecule has 1 unspecified atom stereocenters. The fourth-order valence-corrected chi connectivity index (χ4v) is 4.68. The van der Waals surface area contributed by atoms with Gasteiger partial charge in [0.05, 0.1) is 16.7 Å². The number of benzene rings is 2. The third-order valence-electron chi connectivity index (χ3n) is 4.88. The van der Waals surface area contributed by atoms with Gasteiger partial charge in [-0.15, -0.1) is 0 Å². The summed E-state index contributed by atoms with van der Waals surface area (Å²) in [5.41, 5.74) is 3.31. The zero-order valence-corrected chi connectivity index (χ0v) is 17.2. The van der Waals surface area contributed by atoms with Crippen LogP contribution in [-0.4, -0.2) is 33.6 Å².